The van der Waals surface area contributed by atoms with Crippen LogP contribution in [0.3, 0.4) is 0 Å². The number of nitrogens with two attached hydrogens (primary N) is 1. The molecule has 1 aliphatic rings. The molecule has 3 N–H and O–H groups in total. The molecule has 0 saturated heterocycles. The van der Waals surface area contributed by atoms with Gasteiger partial charge in [-0.05, 0) is 71.2 Å². The first-order chi connectivity index (χ1) is 16.3. The summed E-state index contributed by atoms with van der Waals surface area (Å²) in [7, 11) is 0. The highest BCUT2D eigenvalue weighted by Gasteiger charge is 2.39. The fraction of sp³-hybridized carbons (Fsp3) is 0.387. The number of fused-ring (bicyclic) bond motifs is 3. The third-order valence-electron chi connectivity index (χ3n) is 7.81. The number of hydrogen-bond acceptors (Lipinski definition) is 2. The molecular weight excluding hydrogens is 418 g/mol. The van der Waals surface area contributed by atoms with E-state index in [1.54, 1.807) is 0 Å². The minimum absolute atomic E-state index is 0.00118. The topological polar surface area (TPSA) is 63.3 Å². The van der Waals surface area contributed by atoms with E-state index in [1.807, 2.05) is 0 Å². The monoisotopic (exact) mass is 455 g/mol. The Hall–Kier alpha value is -2.91. The fourth-order valence-electron chi connectivity index (χ4n) is 5.56. The first-order valence-electron chi connectivity index (χ1n) is 12.5. The first kappa shape index (κ1) is 24.2. The van der Waals surface area contributed by atoms with Crippen LogP contribution >= 0.6 is 0 Å². The maximum Gasteiger partial charge on any atom is 0.303 e. The molecule has 1 atom stereocenters. The van der Waals surface area contributed by atoms with Crippen molar-refractivity contribution in [3.05, 3.63) is 94.5 Å². The van der Waals surface area contributed by atoms with Crippen molar-refractivity contribution in [3.63, 3.8) is 0 Å². The Morgan fingerprint density at radius 2 is 1.56 bits per heavy atom. The summed E-state index contributed by atoms with van der Waals surface area (Å²) in [6.07, 6.45) is 4.96. The maximum absolute atomic E-state index is 10.8. The van der Waals surface area contributed by atoms with Crippen LogP contribution in [0, 0.1) is 0 Å². The standard InChI is InChI=1S/C31H37NO2/c1-30(2,23-15-13-22(14-16-23)9-8-12-29(33)34)24-17-18-26-25-10-4-5-11-27(25)31(3,28(26)21-24)19-6-7-20-32/h4-5,10-11,13-18,21H,6-9,12,19-20,32H2,1-3H3,(H,33,34). The van der Waals surface area contributed by atoms with Gasteiger partial charge in [0.2, 0.25) is 0 Å². The van der Waals surface area contributed by atoms with E-state index in [0.29, 0.717) is 6.42 Å². The zero-order valence-corrected chi connectivity index (χ0v) is 20.7. The van der Waals surface area contributed by atoms with Crippen molar-refractivity contribution in [1.82, 2.24) is 0 Å². The molecule has 3 aromatic rings. The number of hydrogen-bond donors (Lipinski definition) is 2. The van der Waals surface area contributed by atoms with E-state index >= 15 is 0 Å². The predicted molar refractivity (Wildman–Crippen MR) is 140 cm³/mol. The zero-order chi connectivity index (χ0) is 24.3. The summed E-state index contributed by atoms with van der Waals surface area (Å²) in [6, 6.07) is 24.6. The van der Waals surface area contributed by atoms with Gasteiger partial charge in [0.15, 0.2) is 0 Å². The third kappa shape index (κ3) is 4.54. The molecule has 0 heterocycles. The molecule has 3 heteroatoms. The van der Waals surface area contributed by atoms with Crippen LogP contribution in [0.4, 0.5) is 0 Å². The molecule has 0 saturated carbocycles. The molecule has 4 rings (SSSR count). The van der Waals surface area contributed by atoms with Crippen LogP contribution in [0.1, 0.15) is 80.7 Å². The summed E-state index contributed by atoms with van der Waals surface area (Å²) in [4.78, 5) is 10.8. The smallest absolute Gasteiger partial charge is 0.303 e. The van der Waals surface area contributed by atoms with Crippen molar-refractivity contribution in [1.29, 1.82) is 0 Å². The van der Waals surface area contributed by atoms with E-state index in [4.69, 9.17) is 10.8 Å². The Kier molecular flexibility index (Phi) is 6.95. The van der Waals surface area contributed by atoms with Crippen LogP contribution in [0.2, 0.25) is 0 Å². The van der Waals surface area contributed by atoms with Gasteiger partial charge in [-0.1, -0.05) is 93.9 Å². The lowest BCUT2D eigenvalue weighted by atomic mass is 9.72. The van der Waals surface area contributed by atoms with Crippen LogP contribution in [-0.4, -0.2) is 17.6 Å². The van der Waals surface area contributed by atoms with Crippen LogP contribution in [0.25, 0.3) is 11.1 Å². The molecule has 0 spiro atoms. The summed E-state index contributed by atoms with van der Waals surface area (Å²) in [5.74, 6) is -0.730. The van der Waals surface area contributed by atoms with Gasteiger partial charge < -0.3 is 10.8 Å². The quantitative estimate of drug-likeness (QED) is 0.329. The SMILES string of the molecule is CC(C)(c1ccc(CCCC(=O)O)cc1)c1ccc2c(c1)C(C)(CCCCN)c1ccccc1-2. The second kappa shape index (κ2) is 9.76. The largest absolute Gasteiger partial charge is 0.481 e. The Bertz CT molecular complexity index is 1160. The molecule has 1 unspecified atom stereocenters. The number of unbranched alkanes of at least 4 members (excludes halogenated alkanes) is 1. The summed E-state index contributed by atoms with van der Waals surface area (Å²) in [5.41, 5.74) is 15.1. The first-order valence-corrected chi connectivity index (χ1v) is 12.5. The average molecular weight is 456 g/mol. The molecular formula is C31H37NO2. The number of carbonyl (C=O) groups is 1. The molecule has 1 aliphatic carbocycles. The minimum Gasteiger partial charge on any atom is -0.481 e. The van der Waals surface area contributed by atoms with E-state index in [9.17, 15) is 4.79 Å². The predicted octanol–water partition coefficient (Wildman–Crippen LogP) is 6.84. The molecule has 0 bridgehead atoms. The maximum atomic E-state index is 10.8. The van der Waals surface area contributed by atoms with Gasteiger partial charge in [0.25, 0.3) is 0 Å². The van der Waals surface area contributed by atoms with Gasteiger partial charge in [0.1, 0.15) is 0 Å². The highest BCUT2D eigenvalue weighted by Crippen LogP contribution is 2.52. The van der Waals surface area contributed by atoms with Crippen LogP contribution in [-0.2, 0) is 22.0 Å². The Labute approximate surface area is 204 Å². The molecule has 0 aliphatic heterocycles. The molecule has 178 valence electrons. The highest BCUT2D eigenvalue weighted by atomic mass is 16.4. The molecule has 0 aromatic heterocycles. The number of aryl methyl sites for hydroxylation is 1. The van der Waals surface area contributed by atoms with Crippen molar-refractivity contribution >= 4 is 5.97 Å². The lowest BCUT2D eigenvalue weighted by Gasteiger charge is -2.31. The van der Waals surface area contributed by atoms with Crippen molar-refractivity contribution < 1.29 is 9.90 Å². The molecule has 0 amide bonds. The van der Waals surface area contributed by atoms with E-state index < -0.39 is 5.97 Å². The van der Waals surface area contributed by atoms with Gasteiger partial charge in [-0.3, -0.25) is 4.79 Å². The number of benzene rings is 3. The normalized spacial score (nSPS) is 16.8. The van der Waals surface area contributed by atoms with E-state index in [2.05, 4.69) is 87.5 Å². The average Bonchev–Trinajstić information content (AvgIpc) is 3.08. The lowest BCUT2D eigenvalue weighted by Crippen LogP contribution is -2.23. The van der Waals surface area contributed by atoms with Crippen LogP contribution < -0.4 is 5.73 Å². The van der Waals surface area contributed by atoms with Crippen molar-refractivity contribution in [2.75, 3.05) is 6.54 Å². The molecule has 0 radical (unpaired) electrons. The van der Waals surface area contributed by atoms with Gasteiger partial charge in [0.05, 0.1) is 0 Å². The van der Waals surface area contributed by atoms with Gasteiger partial charge >= 0.3 is 5.97 Å². The number of aliphatic carboxylic acids is 1. The summed E-state index contributed by atoms with van der Waals surface area (Å²) in [5, 5.41) is 8.88. The van der Waals surface area contributed by atoms with Gasteiger partial charge in [-0.15, -0.1) is 0 Å². The van der Waals surface area contributed by atoms with Gasteiger partial charge in [-0.2, -0.15) is 0 Å². The lowest BCUT2D eigenvalue weighted by molar-refractivity contribution is -0.137. The van der Waals surface area contributed by atoms with Gasteiger partial charge in [-0.25, -0.2) is 0 Å². The minimum atomic E-state index is -0.730. The number of carboxylic acids is 1. The molecule has 0 fully saturated rings. The second-order valence-electron chi connectivity index (χ2n) is 10.5. The fourth-order valence-corrected chi connectivity index (χ4v) is 5.56. The number of carboxylic acid groups (broad SMARTS) is 1. The second-order valence-corrected chi connectivity index (χ2v) is 10.5. The summed E-state index contributed by atoms with van der Waals surface area (Å²) >= 11 is 0. The number of rotatable bonds is 10. The van der Waals surface area contributed by atoms with Gasteiger partial charge in [0, 0.05) is 17.3 Å². The Morgan fingerprint density at radius 1 is 0.882 bits per heavy atom. The Morgan fingerprint density at radius 3 is 2.26 bits per heavy atom. The highest BCUT2D eigenvalue weighted by molar-refractivity contribution is 5.81. The van der Waals surface area contributed by atoms with E-state index in [-0.39, 0.29) is 17.3 Å². The molecule has 3 nitrogen and oxygen atoms in total. The van der Waals surface area contributed by atoms with Crippen LogP contribution in [0.15, 0.2) is 66.7 Å². The van der Waals surface area contributed by atoms with Crippen molar-refractivity contribution in [3.8, 4) is 11.1 Å². The zero-order valence-electron chi connectivity index (χ0n) is 20.7. The molecule has 3 aromatic carbocycles. The van der Waals surface area contributed by atoms with Crippen molar-refractivity contribution in [2.45, 2.75) is 70.1 Å². The third-order valence-corrected chi connectivity index (χ3v) is 7.81. The summed E-state index contributed by atoms with van der Waals surface area (Å²) < 4.78 is 0. The van der Waals surface area contributed by atoms with Crippen LogP contribution in [0.5, 0.6) is 0 Å². The Balaban J connectivity index is 1.65. The van der Waals surface area contributed by atoms with Crippen molar-refractivity contribution in [2.24, 2.45) is 5.73 Å². The summed E-state index contributed by atoms with van der Waals surface area (Å²) in [6.45, 7) is 7.73. The molecule has 34 heavy (non-hydrogen) atoms. The van der Waals surface area contributed by atoms with E-state index in [0.717, 1.165) is 32.2 Å². The van der Waals surface area contributed by atoms with E-state index in [1.165, 1.54) is 38.9 Å².